The predicted octanol–water partition coefficient (Wildman–Crippen LogP) is -1.66. The van der Waals surface area contributed by atoms with E-state index >= 15 is 0 Å². The average Bonchev–Trinajstić information content (AvgIpc) is 3.55. The second kappa shape index (κ2) is 14.6. The van der Waals surface area contributed by atoms with Crippen LogP contribution in [0.3, 0.4) is 0 Å². The Morgan fingerprint density at radius 2 is 1.50 bits per heavy atom. The first kappa shape index (κ1) is 30.2. The summed E-state index contributed by atoms with van der Waals surface area (Å²) in [5.74, 6) is -2.93. The number of hydrogen-bond donors (Lipinski definition) is 7. The summed E-state index contributed by atoms with van der Waals surface area (Å²) < 4.78 is 0. The predicted molar refractivity (Wildman–Crippen MR) is 140 cm³/mol. The molecule has 2 aliphatic rings. The van der Waals surface area contributed by atoms with E-state index in [1.165, 1.54) is 9.80 Å². The molecule has 0 radical (unpaired) electrons. The van der Waals surface area contributed by atoms with Crippen LogP contribution in [0.1, 0.15) is 44.9 Å². The number of nitrogens with one attached hydrogen (secondary N) is 2. The van der Waals surface area contributed by atoms with Crippen LogP contribution >= 0.6 is 25.3 Å². The minimum Gasteiger partial charge on any atom is -0.480 e. The summed E-state index contributed by atoms with van der Waals surface area (Å²) in [6.45, 7) is 1.09. The van der Waals surface area contributed by atoms with Gasteiger partial charge in [0, 0.05) is 24.6 Å². The Kier molecular flexibility index (Phi) is 12.3. The van der Waals surface area contributed by atoms with Crippen molar-refractivity contribution in [1.29, 1.82) is 0 Å². The molecule has 5 atom stereocenters. The fraction of sp³-hybridized carbons (Fsp3) is 0.773. The van der Waals surface area contributed by atoms with Crippen LogP contribution in [-0.2, 0) is 24.0 Å². The van der Waals surface area contributed by atoms with Crippen molar-refractivity contribution >= 4 is 54.9 Å². The fourth-order valence-corrected chi connectivity index (χ4v) is 4.97. The lowest BCUT2D eigenvalue weighted by atomic mass is 10.1. The third-order valence-corrected chi connectivity index (χ3v) is 7.31. The Morgan fingerprint density at radius 3 is 2.06 bits per heavy atom. The highest BCUT2D eigenvalue weighted by Crippen LogP contribution is 2.20. The molecule has 0 aromatic heterocycles. The quantitative estimate of drug-likeness (QED) is 0.106. The molecule has 2 fully saturated rings. The SMILES string of the molecule is NCCCC[C@H](NC(=O)[C@@H]1CCCN1C(=O)[C@@H](N)CS)C(=O)N[C@@H](CS)C(=O)N1CCC[C@H]1C(=O)O. The molecular weight excluding hydrogens is 508 g/mol. The average molecular weight is 547 g/mol. The standard InChI is InChI=1S/C22H38N6O6S2/c23-8-2-1-5-14(25-19(30)16-6-3-9-27(16)20(31)13(24)11-35)18(29)26-15(12-36)21(32)28-10-4-7-17(28)22(33)34/h13-17,35-36H,1-12,23-24H2,(H,25,30)(H,26,29)(H,33,34)/t13-,14-,15-,16-,17-/m0/s1. The van der Waals surface area contributed by atoms with Crippen molar-refractivity contribution in [1.82, 2.24) is 20.4 Å². The molecule has 2 heterocycles. The summed E-state index contributed by atoms with van der Waals surface area (Å²) in [6.07, 6.45) is 3.44. The number of carboxylic acid groups (broad SMARTS) is 1. The lowest BCUT2D eigenvalue weighted by molar-refractivity contribution is -0.149. The molecule has 36 heavy (non-hydrogen) atoms. The number of carbonyl (C=O) groups excluding carboxylic acids is 4. The first-order valence-electron chi connectivity index (χ1n) is 12.3. The number of nitrogens with two attached hydrogens (primary N) is 2. The van der Waals surface area contributed by atoms with Gasteiger partial charge in [-0.05, 0) is 51.5 Å². The molecule has 2 rings (SSSR count). The van der Waals surface area contributed by atoms with E-state index in [1.54, 1.807) is 0 Å². The Hall–Kier alpha value is -2.03. The van der Waals surface area contributed by atoms with Gasteiger partial charge in [-0.2, -0.15) is 25.3 Å². The van der Waals surface area contributed by atoms with Gasteiger partial charge in [0.2, 0.25) is 23.6 Å². The highest BCUT2D eigenvalue weighted by atomic mass is 32.1. The molecule has 204 valence electrons. The summed E-state index contributed by atoms with van der Waals surface area (Å²) in [5.41, 5.74) is 11.4. The number of nitrogens with zero attached hydrogens (tertiary/aromatic N) is 2. The Labute approximate surface area is 222 Å². The number of unbranched alkanes of at least 4 members (excludes halogenated alkanes) is 1. The van der Waals surface area contributed by atoms with Crippen LogP contribution in [0.4, 0.5) is 0 Å². The van der Waals surface area contributed by atoms with Crippen molar-refractivity contribution in [3.8, 4) is 0 Å². The third kappa shape index (κ3) is 7.73. The van der Waals surface area contributed by atoms with Gasteiger partial charge in [-0.1, -0.05) is 0 Å². The molecule has 7 N–H and O–H groups in total. The number of carbonyl (C=O) groups is 5. The molecule has 0 aromatic carbocycles. The van der Waals surface area contributed by atoms with Gasteiger partial charge in [0.25, 0.3) is 0 Å². The number of likely N-dealkylation sites (tertiary alicyclic amines) is 2. The highest BCUT2D eigenvalue weighted by molar-refractivity contribution is 7.80. The van der Waals surface area contributed by atoms with Crippen molar-refractivity contribution in [3.63, 3.8) is 0 Å². The van der Waals surface area contributed by atoms with E-state index in [2.05, 4.69) is 35.9 Å². The summed E-state index contributed by atoms with van der Waals surface area (Å²) >= 11 is 8.24. The van der Waals surface area contributed by atoms with Crippen LogP contribution in [0, 0.1) is 0 Å². The van der Waals surface area contributed by atoms with Crippen LogP contribution in [0.25, 0.3) is 0 Å². The van der Waals surface area contributed by atoms with Crippen LogP contribution in [-0.4, -0.2) is 106 Å². The number of aliphatic carboxylic acids is 1. The van der Waals surface area contributed by atoms with Gasteiger partial charge in [0.15, 0.2) is 0 Å². The van der Waals surface area contributed by atoms with E-state index in [-0.39, 0.29) is 30.4 Å². The van der Waals surface area contributed by atoms with Crippen LogP contribution < -0.4 is 22.1 Å². The second-order valence-corrected chi connectivity index (χ2v) is 9.83. The molecule has 0 aliphatic carbocycles. The van der Waals surface area contributed by atoms with Crippen molar-refractivity contribution in [3.05, 3.63) is 0 Å². The summed E-state index contributed by atoms with van der Waals surface area (Å²) in [4.78, 5) is 66.0. The molecule has 0 unspecified atom stereocenters. The molecule has 0 spiro atoms. The van der Waals surface area contributed by atoms with Crippen molar-refractivity contribution in [2.24, 2.45) is 11.5 Å². The van der Waals surface area contributed by atoms with Gasteiger partial charge in [-0.3, -0.25) is 19.2 Å². The van der Waals surface area contributed by atoms with Gasteiger partial charge in [-0.25, -0.2) is 4.79 Å². The van der Waals surface area contributed by atoms with E-state index in [9.17, 15) is 29.1 Å². The van der Waals surface area contributed by atoms with E-state index in [1.807, 2.05) is 0 Å². The minimum absolute atomic E-state index is 0.0383. The maximum atomic E-state index is 13.2. The number of hydrogen-bond acceptors (Lipinski definition) is 9. The maximum Gasteiger partial charge on any atom is 0.326 e. The highest BCUT2D eigenvalue weighted by Gasteiger charge is 2.39. The normalized spacial score (nSPS) is 22.1. The van der Waals surface area contributed by atoms with Crippen molar-refractivity contribution in [2.45, 2.75) is 75.2 Å². The first-order chi connectivity index (χ1) is 17.2. The second-order valence-electron chi connectivity index (χ2n) is 9.10. The number of rotatable bonds is 13. The summed E-state index contributed by atoms with van der Waals surface area (Å²) in [6, 6.07) is -4.53. The van der Waals surface area contributed by atoms with E-state index in [0.717, 1.165) is 0 Å². The Balaban J connectivity index is 2.10. The van der Waals surface area contributed by atoms with Crippen LogP contribution in [0.15, 0.2) is 0 Å². The van der Waals surface area contributed by atoms with Crippen molar-refractivity contribution in [2.75, 3.05) is 31.1 Å². The molecule has 14 heteroatoms. The molecular formula is C22H38N6O6S2. The topological polar surface area (TPSA) is 188 Å². The van der Waals surface area contributed by atoms with Gasteiger partial charge >= 0.3 is 5.97 Å². The van der Waals surface area contributed by atoms with E-state index in [4.69, 9.17) is 11.5 Å². The Bertz CT molecular complexity index is 818. The minimum atomic E-state index is -1.09. The molecule has 0 bridgehead atoms. The molecule has 4 amide bonds. The van der Waals surface area contributed by atoms with Gasteiger partial charge in [-0.15, -0.1) is 0 Å². The Morgan fingerprint density at radius 1 is 0.889 bits per heavy atom. The van der Waals surface area contributed by atoms with Crippen LogP contribution in [0.5, 0.6) is 0 Å². The number of thiol groups is 2. The molecule has 2 saturated heterocycles. The van der Waals surface area contributed by atoms with Gasteiger partial charge < -0.3 is 37.0 Å². The lowest BCUT2D eigenvalue weighted by Crippen LogP contribution is -2.58. The van der Waals surface area contributed by atoms with E-state index < -0.39 is 53.9 Å². The molecule has 2 aliphatic heterocycles. The lowest BCUT2D eigenvalue weighted by Gasteiger charge is -2.29. The summed E-state index contributed by atoms with van der Waals surface area (Å²) in [7, 11) is 0. The number of amides is 4. The zero-order chi connectivity index (χ0) is 26.8. The maximum absolute atomic E-state index is 13.2. The number of carboxylic acids is 1. The first-order valence-corrected chi connectivity index (χ1v) is 13.5. The summed E-state index contributed by atoms with van der Waals surface area (Å²) in [5, 5.41) is 14.8. The zero-order valence-electron chi connectivity index (χ0n) is 20.3. The van der Waals surface area contributed by atoms with Crippen molar-refractivity contribution < 1.29 is 29.1 Å². The fourth-order valence-electron chi connectivity index (χ4n) is 4.57. The van der Waals surface area contributed by atoms with Crippen LogP contribution in [0.2, 0.25) is 0 Å². The van der Waals surface area contributed by atoms with E-state index in [0.29, 0.717) is 51.6 Å². The van der Waals surface area contributed by atoms with Gasteiger partial charge in [0.1, 0.15) is 24.2 Å². The smallest absolute Gasteiger partial charge is 0.326 e. The van der Waals surface area contributed by atoms with Gasteiger partial charge in [0.05, 0.1) is 6.04 Å². The zero-order valence-corrected chi connectivity index (χ0v) is 22.1. The monoisotopic (exact) mass is 546 g/mol. The molecule has 12 nitrogen and oxygen atoms in total. The molecule has 0 aromatic rings. The largest absolute Gasteiger partial charge is 0.480 e. The third-order valence-electron chi connectivity index (χ3n) is 6.55. The molecule has 0 saturated carbocycles.